The molecule has 2 bridgehead atoms. The van der Waals surface area contributed by atoms with Crippen molar-refractivity contribution in [2.24, 2.45) is 10.8 Å². The molecular weight excluding hydrogens is 198 g/mol. The van der Waals surface area contributed by atoms with E-state index in [4.69, 9.17) is 0 Å². The summed E-state index contributed by atoms with van der Waals surface area (Å²) in [7, 11) is 0. The van der Waals surface area contributed by atoms with E-state index in [9.17, 15) is 4.79 Å². The summed E-state index contributed by atoms with van der Waals surface area (Å²) in [6, 6.07) is 0. The van der Waals surface area contributed by atoms with E-state index < -0.39 is 0 Å². The highest BCUT2D eigenvalue weighted by Crippen LogP contribution is 2.60. The molecule has 0 aromatic carbocycles. The van der Waals surface area contributed by atoms with Gasteiger partial charge in [0, 0.05) is 18.5 Å². The van der Waals surface area contributed by atoms with Crippen LogP contribution in [0.15, 0.2) is 0 Å². The molecule has 2 heteroatoms. The Morgan fingerprint density at radius 1 is 1.12 bits per heavy atom. The lowest BCUT2D eigenvalue weighted by Crippen LogP contribution is -2.52. The highest BCUT2D eigenvalue weighted by atomic mass is 16.2. The topological polar surface area (TPSA) is 20.3 Å². The van der Waals surface area contributed by atoms with Gasteiger partial charge in [0.15, 0.2) is 0 Å². The predicted molar refractivity (Wildman–Crippen MR) is 64.0 cm³/mol. The van der Waals surface area contributed by atoms with Crippen LogP contribution in [0.5, 0.6) is 0 Å². The average Bonchev–Trinajstić information content (AvgIpc) is 2.31. The zero-order valence-corrected chi connectivity index (χ0v) is 10.8. The molecule has 2 heterocycles. The van der Waals surface area contributed by atoms with Crippen molar-refractivity contribution in [1.29, 1.82) is 0 Å². The van der Waals surface area contributed by atoms with Crippen LogP contribution >= 0.6 is 0 Å². The molecule has 90 valence electrons. The van der Waals surface area contributed by atoms with Crippen molar-refractivity contribution in [2.75, 3.05) is 6.54 Å². The van der Waals surface area contributed by atoms with Crippen LogP contribution in [0.1, 0.15) is 59.3 Å². The summed E-state index contributed by atoms with van der Waals surface area (Å²) in [5.74, 6) is 0.424. The molecule has 2 unspecified atom stereocenters. The Morgan fingerprint density at radius 3 is 2.62 bits per heavy atom. The quantitative estimate of drug-likeness (QED) is 0.616. The van der Waals surface area contributed by atoms with Crippen molar-refractivity contribution in [3.8, 4) is 0 Å². The standard InChI is InChI=1S/C14H23NO/c1-12(2)7-13(3)9-14(8-12)6-4-5-11(16)15(14)10-13/h4-10H2,1-3H3. The van der Waals surface area contributed by atoms with E-state index in [0.717, 1.165) is 19.4 Å². The van der Waals surface area contributed by atoms with Crippen LogP contribution in [0, 0.1) is 10.8 Å². The summed E-state index contributed by atoms with van der Waals surface area (Å²) in [5, 5.41) is 0. The van der Waals surface area contributed by atoms with Gasteiger partial charge in [-0.25, -0.2) is 0 Å². The van der Waals surface area contributed by atoms with Gasteiger partial charge in [-0.3, -0.25) is 4.79 Å². The van der Waals surface area contributed by atoms with Crippen LogP contribution in [-0.4, -0.2) is 22.9 Å². The predicted octanol–water partition coefficient (Wildman–Crippen LogP) is 2.97. The Morgan fingerprint density at radius 2 is 1.88 bits per heavy atom. The molecule has 2 atom stereocenters. The molecule has 0 aromatic rings. The zero-order chi connectivity index (χ0) is 11.6. The van der Waals surface area contributed by atoms with E-state index in [-0.39, 0.29) is 5.54 Å². The highest BCUT2D eigenvalue weighted by molar-refractivity contribution is 5.78. The van der Waals surface area contributed by atoms with Crippen molar-refractivity contribution < 1.29 is 4.79 Å². The first kappa shape index (κ1) is 10.6. The molecule has 0 aromatic heterocycles. The van der Waals surface area contributed by atoms with Gasteiger partial charge in [-0.05, 0) is 42.9 Å². The molecule has 16 heavy (non-hydrogen) atoms. The third kappa shape index (κ3) is 1.34. The monoisotopic (exact) mass is 221 g/mol. The SMILES string of the molecule is CC1(C)CC2(C)CN3C(=O)CCCC3(C1)C2. The minimum atomic E-state index is 0.242. The first-order valence-corrected chi connectivity index (χ1v) is 6.65. The lowest BCUT2D eigenvalue weighted by atomic mass is 9.59. The Hall–Kier alpha value is -0.530. The van der Waals surface area contributed by atoms with Crippen LogP contribution in [0.25, 0.3) is 0 Å². The van der Waals surface area contributed by atoms with E-state index in [0.29, 0.717) is 16.7 Å². The van der Waals surface area contributed by atoms with Crippen molar-refractivity contribution in [2.45, 2.75) is 64.8 Å². The number of hydrogen-bond acceptors (Lipinski definition) is 1. The van der Waals surface area contributed by atoms with Gasteiger partial charge < -0.3 is 4.90 Å². The van der Waals surface area contributed by atoms with Crippen molar-refractivity contribution in [1.82, 2.24) is 4.90 Å². The Labute approximate surface area is 98.4 Å². The van der Waals surface area contributed by atoms with Crippen LogP contribution in [0.3, 0.4) is 0 Å². The molecule has 1 aliphatic carbocycles. The van der Waals surface area contributed by atoms with Crippen molar-refractivity contribution in [3.05, 3.63) is 0 Å². The molecule has 3 rings (SSSR count). The smallest absolute Gasteiger partial charge is 0.223 e. The van der Waals surface area contributed by atoms with Gasteiger partial charge in [0.2, 0.25) is 5.91 Å². The molecule has 2 aliphatic heterocycles. The molecule has 2 nitrogen and oxygen atoms in total. The fourth-order valence-electron chi connectivity index (χ4n) is 5.25. The number of fused-ring (bicyclic) bond motifs is 1. The van der Waals surface area contributed by atoms with Crippen LogP contribution in [-0.2, 0) is 4.79 Å². The summed E-state index contributed by atoms with van der Waals surface area (Å²) < 4.78 is 0. The minimum absolute atomic E-state index is 0.242. The number of piperidine rings is 1. The van der Waals surface area contributed by atoms with Crippen molar-refractivity contribution >= 4 is 5.91 Å². The number of carbonyl (C=O) groups is 1. The molecule has 1 saturated carbocycles. The molecule has 1 spiro atoms. The van der Waals surface area contributed by atoms with E-state index in [1.807, 2.05) is 0 Å². The van der Waals surface area contributed by atoms with Gasteiger partial charge in [0.1, 0.15) is 0 Å². The van der Waals surface area contributed by atoms with Crippen LogP contribution < -0.4 is 0 Å². The molecule has 3 aliphatic rings. The fraction of sp³-hybridized carbons (Fsp3) is 0.929. The number of rotatable bonds is 0. The Balaban J connectivity index is 2.02. The third-order valence-corrected chi connectivity index (χ3v) is 4.92. The number of amides is 1. The van der Waals surface area contributed by atoms with Crippen molar-refractivity contribution in [3.63, 3.8) is 0 Å². The molecule has 0 N–H and O–H groups in total. The number of nitrogens with zero attached hydrogens (tertiary/aromatic N) is 1. The second-order valence-corrected chi connectivity index (χ2v) is 7.56. The maximum atomic E-state index is 12.1. The van der Waals surface area contributed by atoms with Gasteiger partial charge in [0.25, 0.3) is 0 Å². The summed E-state index contributed by atoms with van der Waals surface area (Å²) in [4.78, 5) is 14.3. The van der Waals surface area contributed by atoms with E-state index in [1.54, 1.807) is 0 Å². The Bertz CT molecular complexity index is 349. The zero-order valence-electron chi connectivity index (χ0n) is 10.8. The average molecular weight is 221 g/mol. The molecule has 3 fully saturated rings. The number of hydrogen-bond donors (Lipinski definition) is 0. The summed E-state index contributed by atoms with van der Waals surface area (Å²) >= 11 is 0. The number of carbonyl (C=O) groups excluding carboxylic acids is 1. The second kappa shape index (κ2) is 2.83. The maximum absolute atomic E-state index is 12.1. The van der Waals surface area contributed by atoms with E-state index in [2.05, 4.69) is 25.7 Å². The summed E-state index contributed by atoms with van der Waals surface area (Å²) in [6.07, 6.45) is 6.92. The maximum Gasteiger partial charge on any atom is 0.223 e. The Kier molecular flexibility index (Phi) is 1.88. The summed E-state index contributed by atoms with van der Waals surface area (Å²) in [6.45, 7) is 8.18. The van der Waals surface area contributed by atoms with E-state index >= 15 is 0 Å². The van der Waals surface area contributed by atoms with E-state index in [1.165, 1.54) is 25.7 Å². The normalized spacial score (nSPS) is 45.7. The summed E-state index contributed by atoms with van der Waals surface area (Å²) in [5.41, 5.74) is 1.05. The highest BCUT2D eigenvalue weighted by Gasteiger charge is 2.60. The lowest BCUT2D eigenvalue weighted by Gasteiger charge is -2.49. The van der Waals surface area contributed by atoms with Gasteiger partial charge in [0.05, 0.1) is 0 Å². The largest absolute Gasteiger partial charge is 0.336 e. The minimum Gasteiger partial charge on any atom is -0.336 e. The van der Waals surface area contributed by atoms with Gasteiger partial charge in [-0.2, -0.15) is 0 Å². The molecular formula is C14H23NO. The van der Waals surface area contributed by atoms with Gasteiger partial charge >= 0.3 is 0 Å². The second-order valence-electron chi connectivity index (χ2n) is 7.56. The molecule has 2 saturated heterocycles. The van der Waals surface area contributed by atoms with Crippen LogP contribution in [0.4, 0.5) is 0 Å². The van der Waals surface area contributed by atoms with Gasteiger partial charge in [-0.15, -0.1) is 0 Å². The lowest BCUT2D eigenvalue weighted by molar-refractivity contribution is -0.140. The van der Waals surface area contributed by atoms with Crippen LogP contribution in [0.2, 0.25) is 0 Å². The first-order valence-electron chi connectivity index (χ1n) is 6.65. The third-order valence-electron chi connectivity index (χ3n) is 4.92. The molecule has 0 radical (unpaired) electrons. The fourth-order valence-corrected chi connectivity index (χ4v) is 5.25. The van der Waals surface area contributed by atoms with Gasteiger partial charge in [-0.1, -0.05) is 20.8 Å². The molecule has 1 amide bonds. The first-order chi connectivity index (χ1) is 7.34.